The van der Waals surface area contributed by atoms with Crippen LogP contribution in [-0.4, -0.2) is 37.4 Å². The van der Waals surface area contributed by atoms with Crippen molar-refractivity contribution in [3.8, 4) is 0 Å². The van der Waals surface area contributed by atoms with Gasteiger partial charge in [0.05, 0.1) is 19.8 Å². The molecule has 1 heterocycles. The van der Waals surface area contributed by atoms with Crippen LogP contribution in [0.2, 0.25) is 0 Å². The lowest BCUT2D eigenvalue weighted by Crippen LogP contribution is -2.23. The molecule has 88 valence electrons. The fourth-order valence-corrected chi connectivity index (χ4v) is 2.01. The van der Waals surface area contributed by atoms with Gasteiger partial charge in [0.1, 0.15) is 0 Å². The van der Waals surface area contributed by atoms with E-state index in [0.717, 1.165) is 4.88 Å². The van der Waals surface area contributed by atoms with Crippen molar-refractivity contribution in [2.45, 2.75) is 12.5 Å². The van der Waals surface area contributed by atoms with Gasteiger partial charge in [0.25, 0.3) is 0 Å². The molecule has 0 saturated heterocycles. The molecular formula is C10H12O5S. The molecule has 0 aliphatic rings. The second-order valence-corrected chi connectivity index (χ2v) is 4.03. The van der Waals surface area contributed by atoms with Crippen molar-refractivity contribution in [1.82, 2.24) is 0 Å². The summed E-state index contributed by atoms with van der Waals surface area (Å²) in [7, 11) is 2.50. The van der Waals surface area contributed by atoms with Crippen molar-refractivity contribution in [1.29, 1.82) is 0 Å². The van der Waals surface area contributed by atoms with E-state index in [2.05, 4.69) is 9.47 Å². The van der Waals surface area contributed by atoms with Crippen LogP contribution in [0, 0.1) is 0 Å². The fraction of sp³-hybridized carbons (Fsp3) is 0.400. The number of esters is 2. The largest absolute Gasteiger partial charge is 0.467 e. The van der Waals surface area contributed by atoms with E-state index in [1.807, 2.05) is 0 Å². The first-order chi connectivity index (χ1) is 7.58. The number of hydrogen-bond acceptors (Lipinski definition) is 6. The highest BCUT2D eigenvalue weighted by atomic mass is 32.1. The van der Waals surface area contributed by atoms with Crippen molar-refractivity contribution in [3.05, 3.63) is 21.9 Å². The molecule has 1 atom stereocenters. The van der Waals surface area contributed by atoms with E-state index in [0.29, 0.717) is 5.56 Å². The van der Waals surface area contributed by atoms with Crippen LogP contribution in [0.15, 0.2) is 11.4 Å². The van der Waals surface area contributed by atoms with Crippen LogP contribution in [-0.2, 0) is 20.7 Å². The van der Waals surface area contributed by atoms with Gasteiger partial charge in [-0.05, 0) is 6.07 Å². The van der Waals surface area contributed by atoms with E-state index in [4.69, 9.17) is 0 Å². The number of thiophene rings is 1. The molecule has 0 spiro atoms. The van der Waals surface area contributed by atoms with Gasteiger partial charge in [-0.1, -0.05) is 0 Å². The van der Waals surface area contributed by atoms with Crippen molar-refractivity contribution in [2.24, 2.45) is 0 Å². The average molecular weight is 244 g/mol. The van der Waals surface area contributed by atoms with Gasteiger partial charge in [-0.25, -0.2) is 9.59 Å². The Balaban J connectivity index is 2.65. The Bertz CT molecular complexity index is 384. The van der Waals surface area contributed by atoms with Gasteiger partial charge < -0.3 is 14.6 Å². The summed E-state index contributed by atoms with van der Waals surface area (Å²) in [5.74, 6) is -1.12. The van der Waals surface area contributed by atoms with Crippen LogP contribution in [0.1, 0.15) is 15.2 Å². The van der Waals surface area contributed by atoms with Gasteiger partial charge >= 0.3 is 11.9 Å². The van der Waals surface area contributed by atoms with Gasteiger partial charge in [-0.2, -0.15) is 0 Å². The quantitative estimate of drug-likeness (QED) is 0.786. The molecule has 0 bridgehead atoms. The molecule has 0 fully saturated rings. The number of carbonyl (C=O) groups is 2. The second-order valence-electron chi connectivity index (χ2n) is 3.04. The summed E-state index contributed by atoms with van der Waals surface area (Å²) in [5, 5.41) is 11.0. The predicted molar refractivity (Wildman–Crippen MR) is 57.4 cm³/mol. The molecule has 6 heteroatoms. The third kappa shape index (κ3) is 3.04. The molecule has 16 heavy (non-hydrogen) atoms. The summed E-state index contributed by atoms with van der Waals surface area (Å²) in [6.45, 7) is 0. The third-order valence-corrected chi connectivity index (χ3v) is 2.90. The van der Waals surface area contributed by atoms with E-state index in [1.54, 1.807) is 11.4 Å². The predicted octanol–water partition coefficient (Wildman–Crippen LogP) is 0.611. The van der Waals surface area contributed by atoms with Crippen LogP contribution >= 0.6 is 11.3 Å². The van der Waals surface area contributed by atoms with E-state index in [1.165, 1.54) is 25.6 Å². The van der Waals surface area contributed by atoms with Crippen molar-refractivity contribution in [2.75, 3.05) is 14.2 Å². The standard InChI is InChI=1S/C10H12O5S/c1-14-9(12)6-3-7(16-5-6)4-8(11)10(13)15-2/h3,5,8,11H,4H2,1-2H3. The molecule has 1 aromatic heterocycles. The highest BCUT2D eigenvalue weighted by Crippen LogP contribution is 2.17. The first-order valence-electron chi connectivity index (χ1n) is 4.50. The normalized spacial score (nSPS) is 11.9. The van der Waals surface area contributed by atoms with Gasteiger partial charge in [0.15, 0.2) is 6.10 Å². The number of ether oxygens (including phenoxy) is 2. The SMILES string of the molecule is COC(=O)c1csc(CC(O)C(=O)OC)c1. The smallest absolute Gasteiger partial charge is 0.338 e. The highest BCUT2D eigenvalue weighted by molar-refractivity contribution is 7.10. The van der Waals surface area contributed by atoms with Crippen molar-refractivity contribution < 1.29 is 24.2 Å². The summed E-state index contributed by atoms with van der Waals surface area (Å²) < 4.78 is 8.92. The van der Waals surface area contributed by atoms with Gasteiger partial charge in [-0.15, -0.1) is 11.3 Å². The molecule has 0 amide bonds. The highest BCUT2D eigenvalue weighted by Gasteiger charge is 2.18. The Hall–Kier alpha value is -1.40. The minimum atomic E-state index is -1.20. The molecule has 0 radical (unpaired) electrons. The second kappa shape index (κ2) is 5.62. The Kier molecular flexibility index (Phi) is 4.45. The van der Waals surface area contributed by atoms with Crippen LogP contribution in [0.5, 0.6) is 0 Å². The average Bonchev–Trinajstić information content (AvgIpc) is 2.75. The maximum atomic E-state index is 11.1. The summed E-state index contributed by atoms with van der Waals surface area (Å²) in [4.78, 5) is 22.8. The van der Waals surface area contributed by atoms with E-state index >= 15 is 0 Å². The maximum absolute atomic E-state index is 11.1. The molecule has 5 nitrogen and oxygen atoms in total. The topological polar surface area (TPSA) is 72.8 Å². The Morgan fingerprint density at radius 2 is 2.12 bits per heavy atom. The minimum absolute atomic E-state index is 0.133. The lowest BCUT2D eigenvalue weighted by Gasteiger charge is -2.05. The Morgan fingerprint density at radius 3 is 2.69 bits per heavy atom. The molecule has 1 aromatic rings. The first-order valence-corrected chi connectivity index (χ1v) is 5.38. The first kappa shape index (κ1) is 12.7. The van der Waals surface area contributed by atoms with E-state index in [9.17, 15) is 14.7 Å². The number of hydrogen-bond donors (Lipinski definition) is 1. The number of rotatable bonds is 4. The third-order valence-electron chi connectivity index (χ3n) is 1.94. The Morgan fingerprint density at radius 1 is 1.44 bits per heavy atom. The summed E-state index contributed by atoms with van der Waals surface area (Å²) in [6, 6.07) is 1.59. The molecular weight excluding hydrogens is 232 g/mol. The van der Waals surface area contributed by atoms with Crippen LogP contribution in [0.3, 0.4) is 0 Å². The molecule has 0 aliphatic heterocycles. The molecule has 1 N–H and O–H groups in total. The van der Waals surface area contributed by atoms with Crippen LogP contribution in [0.4, 0.5) is 0 Å². The van der Waals surface area contributed by atoms with E-state index < -0.39 is 18.0 Å². The zero-order valence-electron chi connectivity index (χ0n) is 8.93. The Labute approximate surface area is 96.6 Å². The summed E-state index contributed by atoms with van der Waals surface area (Å²) in [6.07, 6.45) is -1.07. The number of methoxy groups -OCH3 is 2. The van der Waals surface area contributed by atoms with Gasteiger partial charge in [0.2, 0.25) is 0 Å². The minimum Gasteiger partial charge on any atom is -0.467 e. The van der Waals surface area contributed by atoms with Crippen molar-refractivity contribution >= 4 is 23.3 Å². The number of aliphatic hydroxyl groups is 1. The maximum Gasteiger partial charge on any atom is 0.338 e. The number of carbonyl (C=O) groups excluding carboxylic acids is 2. The summed E-state index contributed by atoms with van der Waals surface area (Å²) >= 11 is 1.28. The van der Waals surface area contributed by atoms with Crippen molar-refractivity contribution in [3.63, 3.8) is 0 Å². The van der Waals surface area contributed by atoms with Crippen LogP contribution in [0.25, 0.3) is 0 Å². The zero-order chi connectivity index (χ0) is 12.1. The molecule has 1 unspecified atom stereocenters. The van der Waals surface area contributed by atoms with Gasteiger partial charge in [-0.3, -0.25) is 0 Å². The van der Waals surface area contributed by atoms with E-state index in [-0.39, 0.29) is 6.42 Å². The lowest BCUT2D eigenvalue weighted by molar-refractivity contribution is -0.150. The molecule has 0 saturated carbocycles. The fourth-order valence-electron chi connectivity index (χ4n) is 1.12. The molecule has 0 aromatic carbocycles. The van der Waals surface area contributed by atoms with Crippen LogP contribution < -0.4 is 0 Å². The molecule has 0 aliphatic carbocycles. The zero-order valence-corrected chi connectivity index (χ0v) is 9.74. The van der Waals surface area contributed by atoms with Gasteiger partial charge in [0, 0.05) is 16.7 Å². The lowest BCUT2D eigenvalue weighted by atomic mass is 10.2. The number of aliphatic hydroxyl groups excluding tert-OH is 1. The summed E-state index contributed by atoms with van der Waals surface area (Å²) in [5.41, 5.74) is 0.416. The molecule has 1 rings (SSSR count). The monoisotopic (exact) mass is 244 g/mol.